The molecule has 90 valence electrons. The van der Waals surface area contributed by atoms with Crippen molar-refractivity contribution in [3.63, 3.8) is 0 Å². The van der Waals surface area contributed by atoms with Gasteiger partial charge in [0, 0.05) is 16.1 Å². The fourth-order valence-corrected chi connectivity index (χ4v) is 1.62. The third-order valence-corrected chi connectivity index (χ3v) is 2.62. The van der Waals surface area contributed by atoms with Crippen LogP contribution in [0.2, 0.25) is 0 Å². The lowest BCUT2D eigenvalue weighted by Crippen LogP contribution is -2.09. The van der Waals surface area contributed by atoms with Gasteiger partial charge in [0.05, 0.1) is 11.5 Å². The van der Waals surface area contributed by atoms with E-state index in [0.29, 0.717) is 6.29 Å². The third-order valence-electron chi connectivity index (χ3n) is 1.93. The largest absolute Gasteiger partial charge is 0.462 e. The molecular weight excluding hydrogens is 294 g/mol. The Balaban J connectivity index is 3.38. The number of hydrogen-bond donors (Lipinski definition) is 0. The van der Waals surface area contributed by atoms with Crippen LogP contribution in [0, 0.1) is 10.1 Å². The Kier molecular flexibility index (Phi) is 4.33. The van der Waals surface area contributed by atoms with Gasteiger partial charge in [-0.15, -0.1) is 0 Å². The molecule has 17 heavy (non-hydrogen) atoms. The monoisotopic (exact) mass is 301 g/mol. The number of carbonyl (C=O) groups excluding carboxylic acids is 2. The van der Waals surface area contributed by atoms with Gasteiger partial charge in [-0.3, -0.25) is 14.9 Å². The summed E-state index contributed by atoms with van der Waals surface area (Å²) < 4.78 is 4.94. The van der Waals surface area contributed by atoms with Gasteiger partial charge < -0.3 is 4.74 Å². The first-order chi connectivity index (χ1) is 8.01. The molecule has 0 N–H and O–H groups in total. The van der Waals surface area contributed by atoms with Gasteiger partial charge in [0.25, 0.3) is 5.69 Å². The van der Waals surface area contributed by atoms with Crippen molar-refractivity contribution in [1.29, 1.82) is 0 Å². The molecule has 0 saturated carbocycles. The first kappa shape index (κ1) is 13.3. The summed E-state index contributed by atoms with van der Waals surface area (Å²) in [6.45, 7) is 1.69. The van der Waals surface area contributed by atoms with Crippen LogP contribution >= 0.6 is 15.9 Å². The third kappa shape index (κ3) is 2.88. The Labute approximate surface area is 105 Å². The molecule has 0 bridgehead atoms. The van der Waals surface area contributed by atoms with E-state index in [1.165, 1.54) is 0 Å². The summed E-state index contributed by atoms with van der Waals surface area (Å²) >= 11 is 3.01. The van der Waals surface area contributed by atoms with Crippen molar-refractivity contribution < 1.29 is 19.2 Å². The number of carbonyl (C=O) groups is 2. The molecular formula is C10H8BrNO5. The zero-order valence-electron chi connectivity index (χ0n) is 8.81. The van der Waals surface area contributed by atoms with Gasteiger partial charge >= 0.3 is 5.97 Å². The van der Waals surface area contributed by atoms with Crippen LogP contribution in [-0.4, -0.2) is 23.8 Å². The fraction of sp³-hybridized carbons (Fsp3) is 0.200. The van der Waals surface area contributed by atoms with Crippen molar-refractivity contribution in [2.75, 3.05) is 6.61 Å². The van der Waals surface area contributed by atoms with Crippen LogP contribution in [0.5, 0.6) is 0 Å². The van der Waals surface area contributed by atoms with Gasteiger partial charge in [-0.05, 0) is 28.9 Å². The van der Waals surface area contributed by atoms with Gasteiger partial charge in [-0.25, -0.2) is 4.79 Å². The maximum absolute atomic E-state index is 11.5. The normalized spacial score (nSPS) is 9.76. The van der Waals surface area contributed by atoms with Crippen LogP contribution in [0.15, 0.2) is 16.6 Å². The number of nitro groups is 1. The van der Waals surface area contributed by atoms with Crippen molar-refractivity contribution in [1.82, 2.24) is 0 Å². The van der Waals surface area contributed by atoms with Gasteiger partial charge in [0.15, 0.2) is 6.29 Å². The molecule has 6 nitrogen and oxygen atoms in total. The lowest BCUT2D eigenvalue weighted by molar-refractivity contribution is -0.385. The highest BCUT2D eigenvalue weighted by atomic mass is 79.9. The SMILES string of the molecule is CCOC(=O)c1cc(C=O)c(Br)cc1[N+](=O)[O-]. The van der Waals surface area contributed by atoms with Gasteiger partial charge in [-0.1, -0.05) is 0 Å². The van der Waals surface area contributed by atoms with Crippen LogP contribution in [0.4, 0.5) is 5.69 Å². The first-order valence-corrected chi connectivity index (χ1v) is 5.40. The molecule has 0 aliphatic carbocycles. The molecule has 0 amide bonds. The molecule has 0 aliphatic rings. The standard InChI is InChI=1S/C10H8BrNO5/c1-2-17-10(14)7-3-6(5-13)8(11)4-9(7)12(15)16/h3-5H,2H2,1H3. The second-order valence-corrected chi connectivity index (χ2v) is 3.84. The summed E-state index contributed by atoms with van der Waals surface area (Å²) in [5.74, 6) is -0.824. The van der Waals surface area contributed by atoms with E-state index in [0.717, 1.165) is 12.1 Å². The van der Waals surface area contributed by atoms with Crippen molar-refractivity contribution in [2.45, 2.75) is 6.92 Å². The molecule has 0 aliphatic heterocycles. The Hall–Kier alpha value is -1.76. The van der Waals surface area contributed by atoms with Crippen LogP contribution in [0.1, 0.15) is 27.6 Å². The van der Waals surface area contributed by atoms with Gasteiger partial charge in [0.1, 0.15) is 5.56 Å². The number of rotatable bonds is 4. The van der Waals surface area contributed by atoms with Crippen LogP contribution in [0.25, 0.3) is 0 Å². The molecule has 0 spiro atoms. The molecule has 7 heteroatoms. The smallest absolute Gasteiger partial charge is 0.345 e. The minimum atomic E-state index is -0.824. The first-order valence-electron chi connectivity index (χ1n) is 4.61. The van der Waals surface area contributed by atoms with E-state index >= 15 is 0 Å². The molecule has 0 unspecified atom stereocenters. The molecule has 0 heterocycles. The molecule has 1 aromatic rings. The predicted molar refractivity (Wildman–Crippen MR) is 62.1 cm³/mol. The predicted octanol–water partition coefficient (Wildman–Crippen LogP) is 2.35. The lowest BCUT2D eigenvalue weighted by atomic mass is 10.1. The Morgan fingerprint density at radius 3 is 2.71 bits per heavy atom. The highest BCUT2D eigenvalue weighted by Crippen LogP contribution is 2.27. The van der Waals surface area contributed by atoms with E-state index in [1.54, 1.807) is 6.92 Å². The summed E-state index contributed by atoms with van der Waals surface area (Å²) in [4.78, 5) is 32.2. The average Bonchev–Trinajstić information content (AvgIpc) is 2.28. The summed E-state index contributed by atoms with van der Waals surface area (Å²) in [6, 6.07) is 2.24. The van der Waals surface area contributed by atoms with E-state index in [9.17, 15) is 19.7 Å². The highest BCUT2D eigenvalue weighted by molar-refractivity contribution is 9.10. The van der Waals surface area contributed by atoms with Gasteiger partial charge in [-0.2, -0.15) is 0 Å². The number of halogens is 1. The van der Waals surface area contributed by atoms with E-state index in [2.05, 4.69) is 20.7 Å². The second-order valence-electron chi connectivity index (χ2n) is 2.99. The van der Waals surface area contributed by atoms with Crippen LogP contribution in [-0.2, 0) is 4.74 Å². The Bertz CT molecular complexity index is 486. The molecule has 1 aromatic carbocycles. The minimum absolute atomic E-state index is 0.0997. The maximum atomic E-state index is 11.5. The molecule has 0 atom stereocenters. The summed E-state index contributed by atoms with van der Waals surface area (Å²) in [6.07, 6.45) is 0.497. The van der Waals surface area contributed by atoms with Crippen molar-refractivity contribution >= 4 is 33.9 Å². The second kappa shape index (κ2) is 5.53. The highest BCUT2D eigenvalue weighted by Gasteiger charge is 2.23. The Morgan fingerprint density at radius 2 is 2.24 bits per heavy atom. The summed E-state index contributed by atoms with van der Waals surface area (Å²) in [5, 5.41) is 10.8. The number of nitro benzene ring substituents is 1. The maximum Gasteiger partial charge on any atom is 0.345 e. The number of aldehydes is 1. The Morgan fingerprint density at radius 1 is 1.59 bits per heavy atom. The number of esters is 1. The molecule has 0 aromatic heterocycles. The summed E-state index contributed by atoms with van der Waals surface area (Å²) in [7, 11) is 0. The molecule has 1 rings (SSSR count). The van der Waals surface area contributed by atoms with Crippen LogP contribution in [0.3, 0.4) is 0 Å². The number of benzene rings is 1. The van der Waals surface area contributed by atoms with Crippen molar-refractivity contribution in [3.05, 3.63) is 37.8 Å². The van der Waals surface area contributed by atoms with Crippen molar-refractivity contribution in [3.8, 4) is 0 Å². The summed E-state index contributed by atoms with van der Waals surface area (Å²) in [5.41, 5.74) is -0.485. The number of ether oxygens (including phenoxy) is 1. The van der Waals surface area contributed by atoms with E-state index in [-0.39, 0.29) is 22.2 Å². The fourth-order valence-electron chi connectivity index (χ4n) is 1.19. The van der Waals surface area contributed by atoms with Gasteiger partial charge in [0.2, 0.25) is 0 Å². The molecule has 0 saturated heterocycles. The van der Waals surface area contributed by atoms with Crippen LogP contribution < -0.4 is 0 Å². The molecule has 0 radical (unpaired) electrons. The zero-order valence-corrected chi connectivity index (χ0v) is 10.4. The quantitative estimate of drug-likeness (QED) is 0.369. The zero-order chi connectivity index (χ0) is 13.0. The molecule has 0 fully saturated rings. The number of hydrogen-bond acceptors (Lipinski definition) is 5. The van der Waals surface area contributed by atoms with Crippen molar-refractivity contribution in [2.24, 2.45) is 0 Å². The van der Waals surface area contributed by atoms with E-state index in [4.69, 9.17) is 0 Å². The topological polar surface area (TPSA) is 86.5 Å². The minimum Gasteiger partial charge on any atom is -0.462 e. The number of nitrogens with zero attached hydrogens (tertiary/aromatic N) is 1. The van der Waals surface area contributed by atoms with E-state index < -0.39 is 16.6 Å². The van der Waals surface area contributed by atoms with E-state index in [1.807, 2.05) is 0 Å². The average molecular weight is 302 g/mol. The lowest BCUT2D eigenvalue weighted by Gasteiger charge is -2.05.